The summed E-state index contributed by atoms with van der Waals surface area (Å²) >= 11 is 0. The minimum atomic E-state index is 0.370. The van der Waals surface area contributed by atoms with Crippen molar-refractivity contribution in [3.63, 3.8) is 0 Å². The van der Waals surface area contributed by atoms with Crippen LogP contribution in [0.2, 0.25) is 0 Å². The fourth-order valence-electron chi connectivity index (χ4n) is 2.74. The first kappa shape index (κ1) is 10.9. The van der Waals surface area contributed by atoms with E-state index >= 15 is 0 Å². The zero-order valence-corrected chi connectivity index (χ0v) is 10.2. The molecule has 0 atom stereocenters. The number of benzene rings is 1. The average molecular weight is 234 g/mol. The molecule has 2 aliphatic heterocycles. The maximum Gasteiger partial charge on any atom is 0.231 e. The van der Waals surface area contributed by atoms with Gasteiger partial charge in [0.25, 0.3) is 0 Å². The third-order valence-corrected chi connectivity index (χ3v) is 3.70. The molecule has 0 saturated carbocycles. The molecule has 0 unspecified atom stereocenters. The molecule has 1 N–H and O–H groups in total. The van der Waals surface area contributed by atoms with Gasteiger partial charge >= 0.3 is 0 Å². The Balaban J connectivity index is 1.67. The third kappa shape index (κ3) is 2.55. The Morgan fingerprint density at radius 1 is 0.941 bits per heavy atom. The summed E-state index contributed by atoms with van der Waals surface area (Å²) in [6.07, 6.45) is 5.56. The van der Waals surface area contributed by atoms with Crippen LogP contribution in [0.25, 0.3) is 0 Å². The zero-order valence-electron chi connectivity index (χ0n) is 10.2. The number of ether oxygens (including phenoxy) is 2. The lowest BCUT2D eigenvalue weighted by Gasteiger charge is -2.17. The van der Waals surface area contributed by atoms with Crippen LogP contribution in [0.15, 0.2) is 18.2 Å². The number of nitrogens with one attached hydrogen (secondary N) is 1. The van der Waals surface area contributed by atoms with E-state index in [0.717, 1.165) is 18.0 Å². The summed E-state index contributed by atoms with van der Waals surface area (Å²) in [5.74, 6) is 1.80. The lowest BCUT2D eigenvalue weighted by atomic mass is 10.2. The fraction of sp³-hybridized carbons (Fsp3) is 0.571. The highest BCUT2D eigenvalue weighted by atomic mass is 16.7. The molecule has 0 bridgehead atoms. The van der Waals surface area contributed by atoms with E-state index in [1.54, 1.807) is 4.90 Å². The van der Waals surface area contributed by atoms with E-state index in [9.17, 15) is 0 Å². The van der Waals surface area contributed by atoms with Crippen LogP contribution in [0, 0.1) is 0 Å². The normalized spacial score (nSPS) is 20.2. The molecule has 1 saturated heterocycles. The average Bonchev–Trinajstić information content (AvgIpc) is 2.65. The SMILES string of the molecule is c1cc2c(cc1C[NH+]1CCCCCC1)OCO2. The Hall–Kier alpha value is -1.22. The molecule has 1 fully saturated rings. The minimum Gasteiger partial charge on any atom is -0.454 e. The Bertz CT molecular complexity index is 384. The second kappa shape index (κ2) is 4.96. The van der Waals surface area contributed by atoms with Crippen molar-refractivity contribution >= 4 is 0 Å². The van der Waals surface area contributed by atoms with Crippen LogP contribution in [0.5, 0.6) is 11.5 Å². The molecular weight excluding hydrogens is 214 g/mol. The number of quaternary nitrogens is 1. The van der Waals surface area contributed by atoms with E-state index < -0.39 is 0 Å². The molecule has 2 aliphatic rings. The maximum atomic E-state index is 5.42. The molecule has 3 heteroatoms. The summed E-state index contributed by atoms with van der Waals surface area (Å²) in [4.78, 5) is 1.71. The third-order valence-electron chi connectivity index (χ3n) is 3.70. The van der Waals surface area contributed by atoms with Gasteiger partial charge in [-0.25, -0.2) is 0 Å². The summed E-state index contributed by atoms with van der Waals surface area (Å²) in [6, 6.07) is 6.35. The van der Waals surface area contributed by atoms with Crippen molar-refractivity contribution in [2.75, 3.05) is 19.9 Å². The van der Waals surface area contributed by atoms with E-state index in [1.165, 1.54) is 44.3 Å². The zero-order chi connectivity index (χ0) is 11.5. The van der Waals surface area contributed by atoms with Gasteiger partial charge in [0.05, 0.1) is 13.1 Å². The lowest BCUT2D eigenvalue weighted by molar-refractivity contribution is -0.913. The number of hydrogen-bond donors (Lipinski definition) is 1. The Morgan fingerprint density at radius 2 is 1.71 bits per heavy atom. The Morgan fingerprint density at radius 3 is 2.53 bits per heavy atom. The van der Waals surface area contributed by atoms with E-state index in [0.29, 0.717) is 6.79 Å². The van der Waals surface area contributed by atoms with Crippen molar-refractivity contribution in [2.24, 2.45) is 0 Å². The van der Waals surface area contributed by atoms with Gasteiger partial charge < -0.3 is 14.4 Å². The topological polar surface area (TPSA) is 22.9 Å². The van der Waals surface area contributed by atoms with Gasteiger partial charge in [0, 0.05) is 5.56 Å². The van der Waals surface area contributed by atoms with E-state index in [2.05, 4.69) is 12.1 Å². The fourth-order valence-corrected chi connectivity index (χ4v) is 2.74. The van der Waals surface area contributed by atoms with Crippen LogP contribution < -0.4 is 14.4 Å². The van der Waals surface area contributed by atoms with Gasteiger partial charge in [-0.05, 0) is 43.9 Å². The van der Waals surface area contributed by atoms with Crippen molar-refractivity contribution in [2.45, 2.75) is 32.2 Å². The molecule has 1 aromatic rings. The number of likely N-dealkylation sites (tertiary alicyclic amines) is 1. The Kier molecular flexibility index (Phi) is 3.18. The number of fused-ring (bicyclic) bond motifs is 1. The highest BCUT2D eigenvalue weighted by molar-refractivity contribution is 5.44. The molecule has 0 spiro atoms. The van der Waals surface area contributed by atoms with Crippen molar-refractivity contribution in [1.29, 1.82) is 0 Å². The smallest absolute Gasteiger partial charge is 0.231 e. The van der Waals surface area contributed by atoms with Crippen molar-refractivity contribution < 1.29 is 14.4 Å². The second-order valence-corrected chi connectivity index (χ2v) is 5.03. The molecule has 0 aliphatic carbocycles. The van der Waals surface area contributed by atoms with Crippen LogP contribution in [-0.2, 0) is 6.54 Å². The predicted molar refractivity (Wildman–Crippen MR) is 65.4 cm³/mol. The molecule has 2 heterocycles. The molecule has 0 radical (unpaired) electrons. The molecular formula is C14H20NO2+. The maximum absolute atomic E-state index is 5.42. The largest absolute Gasteiger partial charge is 0.454 e. The van der Waals surface area contributed by atoms with Crippen LogP contribution in [0.4, 0.5) is 0 Å². The van der Waals surface area contributed by atoms with Crippen LogP contribution in [0.3, 0.4) is 0 Å². The molecule has 1 aromatic carbocycles. The van der Waals surface area contributed by atoms with Crippen molar-refractivity contribution in [3.8, 4) is 11.5 Å². The number of hydrogen-bond acceptors (Lipinski definition) is 2. The van der Waals surface area contributed by atoms with Crippen LogP contribution in [0.1, 0.15) is 31.2 Å². The second-order valence-electron chi connectivity index (χ2n) is 5.03. The van der Waals surface area contributed by atoms with E-state index in [4.69, 9.17) is 9.47 Å². The van der Waals surface area contributed by atoms with Gasteiger partial charge in [0.15, 0.2) is 11.5 Å². The highest BCUT2D eigenvalue weighted by Gasteiger charge is 2.16. The molecule has 0 aromatic heterocycles. The standard InChI is InChI=1S/C14H19NO2/c1-2-4-8-15(7-3-1)10-12-5-6-13-14(9-12)17-11-16-13/h5-6,9H,1-4,7-8,10-11H2/p+1. The highest BCUT2D eigenvalue weighted by Crippen LogP contribution is 2.32. The quantitative estimate of drug-likeness (QED) is 0.835. The van der Waals surface area contributed by atoms with Gasteiger partial charge in [-0.2, -0.15) is 0 Å². The van der Waals surface area contributed by atoms with E-state index in [-0.39, 0.29) is 0 Å². The first-order chi connectivity index (χ1) is 8.42. The molecule has 0 amide bonds. The first-order valence-electron chi connectivity index (χ1n) is 6.64. The van der Waals surface area contributed by atoms with E-state index in [1.807, 2.05) is 6.07 Å². The van der Waals surface area contributed by atoms with Crippen molar-refractivity contribution in [1.82, 2.24) is 0 Å². The monoisotopic (exact) mass is 234 g/mol. The molecule has 92 valence electrons. The van der Waals surface area contributed by atoms with Crippen molar-refractivity contribution in [3.05, 3.63) is 23.8 Å². The summed E-state index contributed by atoms with van der Waals surface area (Å²) in [5, 5.41) is 0. The first-order valence-corrected chi connectivity index (χ1v) is 6.64. The van der Waals surface area contributed by atoms with Gasteiger partial charge in [-0.15, -0.1) is 0 Å². The van der Waals surface area contributed by atoms with Gasteiger partial charge in [0.2, 0.25) is 6.79 Å². The molecule has 17 heavy (non-hydrogen) atoms. The predicted octanol–water partition coefficient (Wildman–Crippen LogP) is 1.37. The molecule has 3 nitrogen and oxygen atoms in total. The summed E-state index contributed by atoms with van der Waals surface area (Å²) in [7, 11) is 0. The van der Waals surface area contributed by atoms with Gasteiger partial charge in [0.1, 0.15) is 6.54 Å². The Labute approximate surface area is 102 Å². The lowest BCUT2D eigenvalue weighted by Crippen LogP contribution is -3.10. The summed E-state index contributed by atoms with van der Waals surface area (Å²) < 4.78 is 10.8. The summed E-state index contributed by atoms with van der Waals surface area (Å²) in [6.45, 7) is 4.12. The minimum absolute atomic E-state index is 0.370. The van der Waals surface area contributed by atoms with Gasteiger partial charge in [-0.1, -0.05) is 0 Å². The van der Waals surface area contributed by atoms with Crippen LogP contribution in [-0.4, -0.2) is 19.9 Å². The summed E-state index contributed by atoms with van der Waals surface area (Å²) in [5.41, 5.74) is 1.37. The van der Waals surface area contributed by atoms with Crippen LogP contribution >= 0.6 is 0 Å². The molecule has 3 rings (SSSR count). The van der Waals surface area contributed by atoms with Gasteiger partial charge in [-0.3, -0.25) is 0 Å². The number of rotatable bonds is 2.